The molecular formula is C33H43N5O4. The van der Waals surface area contributed by atoms with Gasteiger partial charge in [-0.15, -0.1) is 0 Å². The second-order valence-corrected chi connectivity index (χ2v) is 12.2. The first-order valence-electron chi connectivity index (χ1n) is 15.5. The summed E-state index contributed by atoms with van der Waals surface area (Å²) in [5.74, 6) is -0.230. The lowest BCUT2D eigenvalue weighted by molar-refractivity contribution is -0.137. The summed E-state index contributed by atoms with van der Waals surface area (Å²) in [5.41, 5.74) is 5.13. The first kappa shape index (κ1) is 28.7. The SMILES string of the molecule is Cc1ccc(N2CCN(C(=O)c3ccc(N4CC(C(=O)N5CCC(N6CCOCC6)CC5)CC4=O)cc3)CC2)c(C)c1. The van der Waals surface area contributed by atoms with E-state index < -0.39 is 0 Å². The summed E-state index contributed by atoms with van der Waals surface area (Å²) in [6.45, 7) is 12.6. The molecular weight excluding hydrogens is 530 g/mol. The Balaban J connectivity index is 1.00. The van der Waals surface area contributed by atoms with E-state index in [0.717, 1.165) is 71.0 Å². The van der Waals surface area contributed by atoms with Gasteiger partial charge in [0.15, 0.2) is 0 Å². The molecule has 4 saturated heterocycles. The van der Waals surface area contributed by atoms with Crippen molar-refractivity contribution in [2.75, 3.05) is 81.9 Å². The molecule has 3 amide bonds. The molecule has 0 aromatic heterocycles. The van der Waals surface area contributed by atoms with E-state index in [-0.39, 0.29) is 30.1 Å². The average molecular weight is 574 g/mol. The standard InChI is InChI=1S/C33H43N5O4/c1-24-3-8-30(25(2)21-24)35-13-15-37(16-14-35)32(40)26-4-6-29(7-5-26)38-23-27(22-31(38)39)33(41)36-11-9-28(10-12-36)34-17-19-42-20-18-34/h3-8,21,27-28H,9-20,22-23H2,1-2H3. The number of nitrogens with zero attached hydrogens (tertiary/aromatic N) is 5. The molecule has 0 N–H and O–H groups in total. The normalized spacial score (nSPS) is 22.6. The lowest BCUT2D eigenvalue weighted by atomic mass is 10.00. The molecule has 9 nitrogen and oxygen atoms in total. The lowest BCUT2D eigenvalue weighted by Crippen LogP contribution is -2.51. The number of piperazine rings is 1. The van der Waals surface area contributed by atoms with Crippen molar-refractivity contribution >= 4 is 29.1 Å². The van der Waals surface area contributed by atoms with Crippen molar-refractivity contribution in [2.24, 2.45) is 5.92 Å². The largest absolute Gasteiger partial charge is 0.379 e. The van der Waals surface area contributed by atoms with Crippen LogP contribution in [0, 0.1) is 19.8 Å². The van der Waals surface area contributed by atoms with E-state index in [1.165, 1.54) is 16.8 Å². The third kappa shape index (κ3) is 6.03. The number of benzene rings is 2. The van der Waals surface area contributed by atoms with Crippen molar-refractivity contribution < 1.29 is 19.1 Å². The molecule has 2 aromatic carbocycles. The van der Waals surface area contributed by atoms with Gasteiger partial charge in [0.1, 0.15) is 0 Å². The van der Waals surface area contributed by atoms with Crippen molar-refractivity contribution in [2.45, 2.75) is 39.2 Å². The minimum atomic E-state index is -0.313. The molecule has 0 bridgehead atoms. The van der Waals surface area contributed by atoms with Crippen LogP contribution in [0.3, 0.4) is 0 Å². The highest BCUT2D eigenvalue weighted by Crippen LogP contribution is 2.29. The first-order chi connectivity index (χ1) is 20.4. The number of amides is 3. The smallest absolute Gasteiger partial charge is 0.253 e. The van der Waals surface area contributed by atoms with E-state index in [1.54, 1.807) is 4.90 Å². The molecule has 1 unspecified atom stereocenters. The summed E-state index contributed by atoms with van der Waals surface area (Å²) in [6.07, 6.45) is 2.20. The van der Waals surface area contributed by atoms with Crippen LogP contribution in [0.2, 0.25) is 0 Å². The maximum Gasteiger partial charge on any atom is 0.253 e. The number of morpholine rings is 1. The molecule has 4 aliphatic rings. The fourth-order valence-electron chi connectivity index (χ4n) is 7.05. The Morgan fingerprint density at radius 1 is 0.810 bits per heavy atom. The molecule has 42 heavy (non-hydrogen) atoms. The predicted molar refractivity (Wildman–Crippen MR) is 163 cm³/mol. The molecule has 0 radical (unpaired) electrons. The summed E-state index contributed by atoms with van der Waals surface area (Å²) < 4.78 is 5.48. The summed E-state index contributed by atoms with van der Waals surface area (Å²) >= 11 is 0. The van der Waals surface area contributed by atoms with Crippen molar-refractivity contribution in [3.05, 3.63) is 59.2 Å². The summed E-state index contributed by atoms with van der Waals surface area (Å²) in [6, 6.07) is 14.3. The van der Waals surface area contributed by atoms with E-state index in [4.69, 9.17) is 4.74 Å². The van der Waals surface area contributed by atoms with Crippen LogP contribution in [-0.2, 0) is 14.3 Å². The topological polar surface area (TPSA) is 76.6 Å². The maximum atomic E-state index is 13.3. The molecule has 6 rings (SSSR count). The van der Waals surface area contributed by atoms with Crippen LogP contribution in [0.15, 0.2) is 42.5 Å². The van der Waals surface area contributed by atoms with Gasteiger partial charge >= 0.3 is 0 Å². The van der Waals surface area contributed by atoms with E-state index in [1.807, 2.05) is 34.1 Å². The number of likely N-dealkylation sites (tertiary alicyclic amines) is 1. The number of carbonyl (C=O) groups is 3. The van der Waals surface area contributed by atoms with Gasteiger partial charge in [-0.1, -0.05) is 17.7 Å². The number of hydrogen-bond donors (Lipinski definition) is 0. The summed E-state index contributed by atoms with van der Waals surface area (Å²) in [5, 5.41) is 0. The molecule has 4 aliphatic heterocycles. The van der Waals surface area contributed by atoms with Gasteiger partial charge in [-0.2, -0.15) is 0 Å². The van der Waals surface area contributed by atoms with Crippen LogP contribution < -0.4 is 9.80 Å². The molecule has 2 aromatic rings. The number of piperidine rings is 1. The minimum Gasteiger partial charge on any atom is -0.379 e. The molecule has 4 heterocycles. The van der Waals surface area contributed by atoms with Crippen LogP contribution in [0.25, 0.3) is 0 Å². The summed E-state index contributed by atoms with van der Waals surface area (Å²) in [4.78, 5) is 50.0. The Labute approximate surface area is 249 Å². The van der Waals surface area contributed by atoms with Crippen LogP contribution in [0.4, 0.5) is 11.4 Å². The second kappa shape index (κ2) is 12.4. The highest BCUT2D eigenvalue weighted by atomic mass is 16.5. The second-order valence-electron chi connectivity index (χ2n) is 12.2. The number of carbonyl (C=O) groups excluding carboxylic acids is 3. The Morgan fingerprint density at radius 3 is 2.17 bits per heavy atom. The van der Waals surface area contributed by atoms with E-state index in [0.29, 0.717) is 31.2 Å². The number of ether oxygens (including phenoxy) is 1. The third-order valence-corrected chi connectivity index (χ3v) is 9.50. The number of rotatable bonds is 5. The van der Waals surface area contributed by atoms with Crippen molar-refractivity contribution in [1.82, 2.24) is 14.7 Å². The Hall–Kier alpha value is -3.43. The molecule has 0 spiro atoms. The quantitative estimate of drug-likeness (QED) is 0.548. The highest BCUT2D eigenvalue weighted by molar-refractivity contribution is 6.01. The van der Waals surface area contributed by atoms with Gasteiger partial charge in [-0.3, -0.25) is 19.3 Å². The molecule has 224 valence electrons. The van der Waals surface area contributed by atoms with Crippen LogP contribution in [-0.4, -0.2) is 111 Å². The van der Waals surface area contributed by atoms with Crippen LogP contribution >= 0.6 is 0 Å². The Bertz CT molecular complexity index is 1290. The molecule has 1 atom stereocenters. The van der Waals surface area contributed by atoms with Gasteiger partial charge in [0.2, 0.25) is 11.8 Å². The number of anilines is 2. The fourth-order valence-corrected chi connectivity index (χ4v) is 7.05. The van der Waals surface area contributed by atoms with Gasteiger partial charge in [0.05, 0.1) is 19.1 Å². The first-order valence-corrected chi connectivity index (χ1v) is 15.5. The third-order valence-electron chi connectivity index (χ3n) is 9.50. The summed E-state index contributed by atoms with van der Waals surface area (Å²) in [7, 11) is 0. The minimum absolute atomic E-state index is 0.0168. The van der Waals surface area contributed by atoms with Gasteiger partial charge in [-0.05, 0) is 62.6 Å². The van der Waals surface area contributed by atoms with Crippen LogP contribution in [0.1, 0.15) is 40.7 Å². The van der Waals surface area contributed by atoms with E-state index in [2.05, 4.69) is 41.8 Å². The zero-order valence-electron chi connectivity index (χ0n) is 25.0. The van der Waals surface area contributed by atoms with Gasteiger partial charge in [0.25, 0.3) is 5.91 Å². The number of aryl methyl sites for hydroxylation is 2. The monoisotopic (exact) mass is 573 g/mol. The van der Waals surface area contributed by atoms with Crippen molar-refractivity contribution in [3.8, 4) is 0 Å². The van der Waals surface area contributed by atoms with Gasteiger partial charge in [0, 0.05) is 88.3 Å². The number of hydrogen-bond acceptors (Lipinski definition) is 6. The average Bonchev–Trinajstić information content (AvgIpc) is 3.42. The maximum absolute atomic E-state index is 13.3. The van der Waals surface area contributed by atoms with Crippen LogP contribution in [0.5, 0.6) is 0 Å². The van der Waals surface area contributed by atoms with E-state index in [9.17, 15) is 14.4 Å². The Morgan fingerprint density at radius 2 is 1.50 bits per heavy atom. The molecule has 4 fully saturated rings. The van der Waals surface area contributed by atoms with Crippen molar-refractivity contribution in [1.29, 1.82) is 0 Å². The van der Waals surface area contributed by atoms with E-state index >= 15 is 0 Å². The highest BCUT2D eigenvalue weighted by Gasteiger charge is 2.38. The van der Waals surface area contributed by atoms with Crippen molar-refractivity contribution in [3.63, 3.8) is 0 Å². The molecule has 0 aliphatic carbocycles. The zero-order valence-corrected chi connectivity index (χ0v) is 25.0. The fraction of sp³-hybridized carbons (Fsp3) is 0.545. The van der Waals surface area contributed by atoms with Gasteiger partial charge in [-0.25, -0.2) is 0 Å². The molecule has 0 saturated carbocycles. The zero-order chi connectivity index (χ0) is 29.2. The van der Waals surface area contributed by atoms with Gasteiger partial charge < -0.3 is 24.3 Å². The Kier molecular flexibility index (Phi) is 8.49. The predicted octanol–water partition coefficient (Wildman–Crippen LogP) is 2.94. The molecule has 9 heteroatoms. The lowest BCUT2D eigenvalue weighted by Gasteiger charge is -2.40.